The number of pyridine rings is 1. The van der Waals surface area contributed by atoms with Crippen molar-refractivity contribution in [2.45, 2.75) is 6.18 Å². The number of nitrogens with zero attached hydrogens (tertiary/aromatic N) is 2. The molecule has 90 valence electrons. The van der Waals surface area contributed by atoms with Crippen LogP contribution in [0.25, 0.3) is 11.3 Å². The number of hydrogen-bond donors (Lipinski definition) is 0. The lowest BCUT2D eigenvalue weighted by Crippen LogP contribution is -2.03. The molecule has 2 aromatic heterocycles. The number of hydrogen-bond acceptors (Lipinski definition) is 3. The Kier molecular flexibility index (Phi) is 3.05. The van der Waals surface area contributed by atoms with Crippen LogP contribution < -0.4 is 0 Å². The molecule has 0 atom stereocenters. The van der Waals surface area contributed by atoms with Gasteiger partial charge in [-0.1, -0.05) is 11.6 Å². The first-order valence-electron chi connectivity index (χ1n) is 4.22. The van der Waals surface area contributed by atoms with Gasteiger partial charge in [0.25, 0.3) is 0 Å². The topological polar surface area (TPSA) is 25.8 Å². The third-order valence-electron chi connectivity index (χ3n) is 1.84. The standard InChI is InChI=1S/C9H3ClF4N2S/c10-7-1-5(11)4(2-15-7)6-3-17-8(16-6)9(12,13)14/h1-3H. The third-order valence-corrected chi connectivity index (χ3v) is 2.94. The summed E-state index contributed by atoms with van der Waals surface area (Å²) in [5.41, 5.74) is -0.217. The zero-order valence-electron chi connectivity index (χ0n) is 7.92. The van der Waals surface area contributed by atoms with Gasteiger partial charge in [-0.3, -0.25) is 0 Å². The van der Waals surface area contributed by atoms with Crippen molar-refractivity contribution in [1.82, 2.24) is 9.97 Å². The zero-order valence-corrected chi connectivity index (χ0v) is 9.50. The Morgan fingerprint density at radius 1 is 1.29 bits per heavy atom. The number of halogens is 5. The first-order chi connectivity index (χ1) is 7.88. The summed E-state index contributed by atoms with van der Waals surface area (Å²) in [5, 5.41) is 0.0240. The van der Waals surface area contributed by atoms with E-state index in [1.165, 1.54) is 0 Å². The Balaban J connectivity index is 2.44. The molecule has 17 heavy (non-hydrogen) atoms. The molecule has 0 aliphatic rings. The highest BCUT2D eigenvalue weighted by Gasteiger charge is 2.34. The van der Waals surface area contributed by atoms with E-state index in [1.807, 2.05) is 0 Å². The second kappa shape index (κ2) is 4.23. The van der Waals surface area contributed by atoms with Gasteiger partial charge in [-0.25, -0.2) is 14.4 Å². The molecule has 2 nitrogen and oxygen atoms in total. The minimum absolute atomic E-state index is 0.0717. The molecule has 0 aliphatic heterocycles. The fraction of sp³-hybridized carbons (Fsp3) is 0.111. The monoisotopic (exact) mass is 282 g/mol. The minimum atomic E-state index is -4.53. The van der Waals surface area contributed by atoms with E-state index in [1.54, 1.807) is 0 Å². The van der Waals surface area contributed by atoms with Crippen LogP contribution in [0.4, 0.5) is 17.6 Å². The molecule has 0 N–H and O–H groups in total. The molecule has 0 saturated heterocycles. The van der Waals surface area contributed by atoms with E-state index in [4.69, 9.17) is 11.6 Å². The molecule has 0 fully saturated rings. The van der Waals surface area contributed by atoms with E-state index in [0.717, 1.165) is 17.6 Å². The van der Waals surface area contributed by atoms with E-state index in [-0.39, 0.29) is 16.4 Å². The Hall–Kier alpha value is -1.21. The maximum atomic E-state index is 13.4. The van der Waals surface area contributed by atoms with Crippen molar-refractivity contribution in [2.24, 2.45) is 0 Å². The molecule has 2 aromatic rings. The van der Waals surface area contributed by atoms with Crippen LogP contribution in [0.3, 0.4) is 0 Å². The van der Waals surface area contributed by atoms with Crippen LogP contribution in [0.2, 0.25) is 5.15 Å². The molecular formula is C9H3ClF4N2S. The summed E-state index contributed by atoms with van der Waals surface area (Å²) < 4.78 is 50.3. The summed E-state index contributed by atoms with van der Waals surface area (Å²) in [6, 6.07) is 0.920. The molecule has 0 amide bonds. The number of rotatable bonds is 1. The minimum Gasteiger partial charge on any atom is -0.244 e. The number of aromatic nitrogens is 2. The molecule has 2 heterocycles. The molecule has 0 aliphatic carbocycles. The molecule has 0 unspecified atom stereocenters. The lowest BCUT2D eigenvalue weighted by atomic mass is 10.2. The van der Waals surface area contributed by atoms with Gasteiger partial charge in [0.2, 0.25) is 0 Å². The average Bonchev–Trinajstić information content (AvgIpc) is 2.65. The van der Waals surface area contributed by atoms with Crippen molar-refractivity contribution < 1.29 is 17.6 Å². The lowest BCUT2D eigenvalue weighted by molar-refractivity contribution is -0.137. The van der Waals surface area contributed by atoms with Crippen LogP contribution in [0.5, 0.6) is 0 Å². The van der Waals surface area contributed by atoms with Crippen LogP contribution >= 0.6 is 22.9 Å². The number of alkyl halides is 3. The normalized spacial score (nSPS) is 11.8. The predicted molar refractivity (Wildman–Crippen MR) is 55.3 cm³/mol. The largest absolute Gasteiger partial charge is 0.443 e. The molecule has 2 rings (SSSR count). The van der Waals surface area contributed by atoms with Crippen LogP contribution in [0.15, 0.2) is 17.6 Å². The van der Waals surface area contributed by atoms with Gasteiger partial charge in [0, 0.05) is 17.6 Å². The molecule has 0 aromatic carbocycles. The summed E-state index contributed by atoms with van der Waals surface area (Å²) in [5.74, 6) is -0.760. The van der Waals surface area contributed by atoms with Gasteiger partial charge >= 0.3 is 6.18 Å². The van der Waals surface area contributed by atoms with E-state index >= 15 is 0 Å². The molecular weight excluding hydrogens is 280 g/mol. The maximum Gasteiger partial charge on any atom is 0.443 e. The van der Waals surface area contributed by atoms with Crippen molar-refractivity contribution >= 4 is 22.9 Å². The predicted octanol–water partition coefficient (Wildman–Crippen LogP) is 4.02. The Morgan fingerprint density at radius 2 is 2.00 bits per heavy atom. The Bertz CT molecular complexity index is 552. The molecule has 0 saturated carbocycles. The van der Waals surface area contributed by atoms with E-state index in [0.29, 0.717) is 11.3 Å². The van der Waals surface area contributed by atoms with Gasteiger partial charge in [0.1, 0.15) is 11.0 Å². The van der Waals surface area contributed by atoms with E-state index in [9.17, 15) is 17.6 Å². The average molecular weight is 283 g/mol. The van der Waals surface area contributed by atoms with Crippen molar-refractivity contribution in [2.75, 3.05) is 0 Å². The highest BCUT2D eigenvalue weighted by molar-refractivity contribution is 7.10. The first kappa shape index (κ1) is 12.3. The molecule has 0 spiro atoms. The maximum absolute atomic E-state index is 13.4. The third kappa shape index (κ3) is 2.55. The van der Waals surface area contributed by atoms with Crippen molar-refractivity contribution in [3.63, 3.8) is 0 Å². The van der Waals surface area contributed by atoms with E-state index < -0.39 is 17.0 Å². The Labute approximate surface area is 102 Å². The summed E-state index contributed by atoms with van der Waals surface area (Å²) in [7, 11) is 0. The zero-order chi connectivity index (χ0) is 12.6. The lowest BCUT2D eigenvalue weighted by Gasteiger charge is -2.00. The second-order valence-corrected chi connectivity index (χ2v) is 4.27. The highest BCUT2D eigenvalue weighted by atomic mass is 35.5. The van der Waals surface area contributed by atoms with Gasteiger partial charge in [0.05, 0.1) is 11.3 Å². The van der Waals surface area contributed by atoms with Crippen LogP contribution in [0, 0.1) is 5.82 Å². The van der Waals surface area contributed by atoms with Crippen molar-refractivity contribution in [1.29, 1.82) is 0 Å². The van der Waals surface area contributed by atoms with Gasteiger partial charge in [-0.05, 0) is 0 Å². The summed E-state index contributed by atoms with van der Waals surface area (Å²) in [6.45, 7) is 0. The highest BCUT2D eigenvalue weighted by Crippen LogP contribution is 2.34. The van der Waals surface area contributed by atoms with Gasteiger partial charge in [0.15, 0.2) is 5.01 Å². The van der Waals surface area contributed by atoms with Crippen molar-refractivity contribution in [3.05, 3.63) is 33.6 Å². The first-order valence-corrected chi connectivity index (χ1v) is 5.48. The van der Waals surface area contributed by atoms with Crippen LogP contribution in [-0.4, -0.2) is 9.97 Å². The van der Waals surface area contributed by atoms with Crippen LogP contribution in [-0.2, 0) is 6.18 Å². The molecule has 0 bridgehead atoms. The summed E-state index contributed by atoms with van der Waals surface area (Å²) in [6.07, 6.45) is -3.48. The second-order valence-electron chi connectivity index (χ2n) is 3.02. The molecule has 8 heteroatoms. The quantitative estimate of drug-likeness (QED) is 0.583. The van der Waals surface area contributed by atoms with Gasteiger partial charge in [-0.2, -0.15) is 13.2 Å². The van der Waals surface area contributed by atoms with Crippen LogP contribution in [0.1, 0.15) is 5.01 Å². The van der Waals surface area contributed by atoms with Gasteiger partial charge in [-0.15, -0.1) is 11.3 Å². The summed E-state index contributed by atoms with van der Waals surface area (Å²) in [4.78, 5) is 6.91. The summed E-state index contributed by atoms with van der Waals surface area (Å²) >= 11 is 5.83. The van der Waals surface area contributed by atoms with E-state index in [2.05, 4.69) is 9.97 Å². The smallest absolute Gasteiger partial charge is 0.244 e. The SMILES string of the molecule is Fc1cc(Cl)ncc1-c1csc(C(F)(F)F)n1. The van der Waals surface area contributed by atoms with Crippen molar-refractivity contribution in [3.8, 4) is 11.3 Å². The fourth-order valence-corrected chi connectivity index (χ4v) is 1.96. The Morgan fingerprint density at radius 3 is 2.53 bits per heavy atom. The molecule has 0 radical (unpaired) electrons. The fourth-order valence-electron chi connectivity index (χ4n) is 1.12. The number of thiazole rings is 1. The van der Waals surface area contributed by atoms with Gasteiger partial charge < -0.3 is 0 Å².